The first-order valence-corrected chi connectivity index (χ1v) is 8.58. The summed E-state index contributed by atoms with van der Waals surface area (Å²) in [6.45, 7) is 2.44. The number of methoxy groups -OCH3 is 3. The molecule has 1 saturated heterocycles. The van der Waals surface area contributed by atoms with Gasteiger partial charge < -0.3 is 14.2 Å². The van der Waals surface area contributed by atoms with Crippen LogP contribution in [0.5, 0.6) is 5.75 Å². The van der Waals surface area contributed by atoms with Crippen molar-refractivity contribution in [2.75, 3.05) is 34.5 Å². The van der Waals surface area contributed by atoms with Crippen LogP contribution in [0.15, 0.2) is 42.7 Å². The minimum absolute atomic E-state index is 0.259. The fraction of sp³-hybridized carbons (Fsp3) is 0.450. The third-order valence-electron chi connectivity index (χ3n) is 4.85. The van der Waals surface area contributed by atoms with Crippen LogP contribution in [0.25, 0.3) is 11.1 Å². The molecule has 1 aliphatic rings. The van der Waals surface area contributed by atoms with Gasteiger partial charge >= 0.3 is 0 Å². The summed E-state index contributed by atoms with van der Waals surface area (Å²) < 4.78 is 16.6. The van der Waals surface area contributed by atoms with E-state index in [0.717, 1.165) is 30.8 Å². The number of hydrogen-bond donors (Lipinski definition) is 0. The molecule has 134 valence electrons. The molecule has 1 aromatic heterocycles. The molecule has 3 rings (SSSR count). The predicted molar refractivity (Wildman–Crippen MR) is 97.7 cm³/mol. The van der Waals surface area contributed by atoms with E-state index in [9.17, 15) is 0 Å². The Labute approximate surface area is 149 Å². The molecule has 0 aliphatic carbocycles. The second kappa shape index (κ2) is 8.43. The molecule has 0 N–H and O–H groups in total. The van der Waals surface area contributed by atoms with Crippen LogP contribution >= 0.6 is 0 Å². The Bertz CT molecular complexity index is 678. The van der Waals surface area contributed by atoms with E-state index in [0.29, 0.717) is 12.6 Å². The average molecular weight is 342 g/mol. The minimum Gasteiger partial charge on any atom is -0.496 e. The zero-order valence-corrected chi connectivity index (χ0v) is 15.1. The van der Waals surface area contributed by atoms with Gasteiger partial charge in [-0.1, -0.05) is 6.07 Å². The lowest BCUT2D eigenvalue weighted by atomic mass is 10.0. The Kier molecular flexibility index (Phi) is 6.02. The Morgan fingerprint density at radius 3 is 2.56 bits per heavy atom. The predicted octanol–water partition coefficient (Wildman–Crippen LogP) is 2.99. The van der Waals surface area contributed by atoms with Crippen LogP contribution in [-0.2, 0) is 16.0 Å². The number of aromatic nitrogens is 1. The zero-order valence-electron chi connectivity index (χ0n) is 15.1. The molecule has 0 spiro atoms. The Hall–Kier alpha value is -1.95. The van der Waals surface area contributed by atoms with Crippen LogP contribution in [0, 0.1) is 0 Å². The van der Waals surface area contributed by atoms with Gasteiger partial charge in [-0.25, -0.2) is 0 Å². The molecule has 5 heteroatoms. The van der Waals surface area contributed by atoms with Gasteiger partial charge in [0.1, 0.15) is 5.75 Å². The molecular formula is C20H26N2O3. The van der Waals surface area contributed by atoms with E-state index in [1.807, 2.05) is 30.6 Å². The van der Waals surface area contributed by atoms with E-state index in [-0.39, 0.29) is 6.10 Å². The standard InChI is InChI=1S/C20H26N2O3/c1-23-14-18-11-19(24-2)13-22(18)12-17-10-16(4-5-20(17)25-3)15-6-8-21-9-7-15/h4-10,18-19H,11-14H2,1-3H3/t18-,19+/m0/s1. The summed E-state index contributed by atoms with van der Waals surface area (Å²) >= 11 is 0. The number of hydrogen-bond acceptors (Lipinski definition) is 5. The Morgan fingerprint density at radius 2 is 1.88 bits per heavy atom. The molecular weight excluding hydrogens is 316 g/mol. The summed E-state index contributed by atoms with van der Waals surface area (Å²) in [5, 5.41) is 0. The summed E-state index contributed by atoms with van der Waals surface area (Å²) in [6, 6.07) is 10.8. The Morgan fingerprint density at radius 1 is 1.08 bits per heavy atom. The third kappa shape index (κ3) is 4.18. The van der Waals surface area contributed by atoms with Gasteiger partial charge in [0.15, 0.2) is 0 Å². The second-order valence-electron chi connectivity index (χ2n) is 6.39. The van der Waals surface area contributed by atoms with Gasteiger partial charge in [-0.05, 0) is 41.8 Å². The molecule has 2 aromatic rings. The first-order chi connectivity index (χ1) is 12.2. The van der Waals surface area contributed by atoms with E-state index in [1.54, 1.807) is 21.3 Å². The Balaban J connectivity index is 1.85. The number of nitrogens with zero attached hydrogens (tertiary/aromatic N) is 2. The number of ether oxygens (including phenoxy) is 3. The number of rotatable bonds is 7. The van der Waals surface area contributed by atoms with E-state index in [2.05, 4.69) is 22.0 Å². The van der Waals surface area contributed by atoms with Gasteiger partial charge in [0.05, 0.1) is 19.8 Å². The number of pyridine rings is 1. The van der Waals surface area contributed by atoms with Crippen molar-refractivity contribution in [2.24, 2.45) is 0 Å². The van der Waals surface area contributed by atoms with Crippen LogP contribution in [0.3, 0.4) is 0 Å². The normalized spacial score (nSPS) is 20.8. The summed E-state index contributed by atoms with van der Waals surface area (Å²) in [7, 11) is 5.26. The SMILES string of the molecule is COC[C@@H]1C[C@@H](OC)CN1Cc1cc(-c2ccncc2)ccc1OC. The number of benzene rings is 1. The smallest absolute Gasteiger partial charge is 0.123 e. The highest BCUT2D eigenvalue weighted by atomic mass is 16.5. The van der Waals surface area contributed by atoms with Crippen molar-refractivity contribution in [2.45, 2.75) is 25.1 Å². The maximum Gasteiger partial charge on any atom is 0.123 e. The molecule has 1 aliphatic heterocycles. The van der Waals surface area contributed by atoms with Gasteiger partial charge in [-0.2, -0.15) is 0 Å². The lowest BCUT2D eigenvalue weighted by Crippen LogP contribution is -2.32. The summed E-state index contributed by atoms with van der Waals surface area (Å²) in [4.78, 5) is 6.52. The van der Waals surface area contributed by atoms with E-state index in [1.165, 1.54) is 11.1 Å². The van der Waals surface area contributed by atoms with Crippen LogP contribution in [0.4, 0.5) is 0 Å². The fourth-order valence-electron chi connectivity index (χ4n) is 3.51. The van der Waals surface area contributed by atoms with Crippen molar-refractivity contribution >= 4 is 0 Å². The lowest BCUT2D eigenvalue weighted by molar-refractivity contribution is 0.105. The minimum atomic E-state index is 0.259. The molecule has 0 unspecified atom stereocenters. The van der Waals surface area contributed by atoms with Crippen molar-refractivity contribution in [3.63, 3.8) is 0 Å². The summed E-state index contributed by atoms with van der Waals surface area (Å²) in [5.41, 5.74) is 3.50. The first-order valence-electron chi connectivity index (χ1n) is 8.58. The molecule has 1 fully saturated rings. The molecule has 0 saturated carbocycles. The lowest BCUT2D eigenvalue weighted by Gasteiger charge is -2.24. The van der Waals surface area contributed by atoms with Crippen LogP contribution in [0.1, 0.15) is 12.0 Å². The summed E-state index contributed by atoms with van der Waals surface area (Å²) in [5.74, 6) is 0.912. The van der Waals surface area contributed by atoms with Gasteiger partial charge in [0.25, 0.3) is 0 Å². The van der Waals surface area contributed by atoms with Crippen LogP contribution in [-0.4, -0.2) is 56.5 Å². The molecule has 0 amide bonds. The van der Waals surface area contributed by atoms with Crippen LogP contribution in [0.2, 0.25) is 0 Å². The maximum atomic E-state index is 5.59. The highest BCUT2D eigenvalue weighted by molar-refractivity contribution is 5.65. The highest BCUT2D eigenvalue weighted by Gasteiger charge is 2.32. The quantitative estimate of drug-likeness (QED) is 0.774. The van der Waals surface area contributed by atoms with Gasteiger partial charge in [0, 0.05) is 51.3 Å². The molecule has 1 aromatic carbocycles. The van der Waals surface area contributed by atoms with Gasteiger partial charge in [-0.3, -0.25) is 9.88 Å². The maximum absolute atomic E-state index is 5.59. The average Bonchev–Trinajstić information content (AvgIpc) is 3.04. The van der Waals surface area contributed by atoms with Crippen molar-refractivity contribution in [1.82, 2.24) is 9.88 Å². The van der Waals surface area contributed by atoms with Crippen molar-refractivity contribution in [1.29, 1.82) is 0 Å². The zero-order chi connectivity index (χ0) is 17.6. The molecule has 0 radical (unpaired) electrons. The molecule has 2 heterocycles. The molecule has 5 nitrogen and oxygen atoms in total. The molecule has 25 heavy (non-hydrogen) atoms. The second-order valence-corrected chi connectivity index (χ2v) is 6.39. The monoisotopic (exact) mass is 342 g/mol. The largest absolute Gasteiger partial charge is 0.496 e. The number of likely N-dealkylation sites (tertiary alicyclic amines) is 1. The van der Waals surface area contributed by atoms with Gasteiger partial charge in [0.2, 0.25) is 0 Å². The van der Waals surface area contributed by atoms with Crippen molar-refractivity contribution in [3.05, 3.63) is 48.3 Å². The highest BCUT2D eigenvalue weighted by Crippen LogP contribution is 2.30. The first kappa shape index (κ1) is 17.9. The van der Waals surface area contributed by atoms with E-state index >= 15 is 0 Å². The van der Waals surface area contributed by atoms with Gasteiger partial charge in [-0.15, -0.1) is 0 Å². The van der Waals surface area contributed by atoms with Crippen molar-refractivity contribution in [3.8, 4) is 16.9 Å². The van der Waals surface area contributed by atoms with E-state index < -0.39 is 0 Å². The fourth-order valence-corrected chi connectivity index (χ4v) is 3.51. The topological polar surface area (TPSA) is 43.8 Å². The third-order valence-corrected chi connectivity index (χ3v) is 4.85. The molecule has 2 atom stereocenters. The molecule has 0 bridgehead atoms. The summed E-state index contributed by atoms with van der Waals surface area (Å²) in [6.07, 6.45) is 4.89. The van der Waals surface area contributed by atoms with Crippen LogP contribution < -0.4 is 4.74 Å². The van der Waals surface area contributed by atoms with Crippen molar-refractivity contribution < 1.29 is 14.2 Å². The van der Waals surface area contributed by atoms with E-state index in [4.69, 9.17) is 14.2 Å².